The molecule has 144 valence electrons. The van der Waals surface area contributed by atoms with Gasteiger partial charge in [0, 0.05) is 38.8 Å². The minimum absolute atomic E-state index is 0.0523. The van der Waals surface area contributed by atoms with Gasteiger partial charge in [0.25, 0.3) is 0 Å². The normalized spacial score (nSPS) is 16.1. The highest BCUT2D eigenvalue weighted by atomic mass is 79.9. The van der Waals surface area contributed by atoms with Gasteiger partial charge >= 0.3 is 0 Å². The molecule has 4 nitrogen and oxygen atoms in total. The molecule has 1 aliphatic rings. The number of anilines is 1. The van der Waals surface area contributed by atoms with Crippen LogP contribution in [-0.4, -0.2) is 41.9 Å². The largest absolute Gasteiger partial charge is 0.326 e. The molecule has 1 amide bonds. The van der Waals surface area contributed by atoms with Crippen LogP contribution in [0, 0.1) is 5.82 Å². The second-order valence-corrected chi connectivity index (χ2v) is 7.89. The van der Waals surface area contributed by atoms with E-state index in [1.54, 1.807) is 0 Å². The van der Waals surface area contributed by atoms with Crippen LogP contribution in [0.25, 0.3) is 0 Å². The molecule has 1 aliphatic heterocycles. The summed E-state index contributed by atoms with van der Waals surface area (Å²) in [5.74, 6) is -0.270. The lowest BCUT2D eigenvalue weighted by molar-refractivity contribution is -0.114. The standard InChI is InChI=1S/C21H25BrFN3O/c1-16(27)24-19-6-3-17(4-7-19)14-25-9-2-10-26(12-11-25)15-18-5-8-21(23)20(22)13-18/h3-8,13H,2,9-12,14-15H2,1H3,(H,24,27). The Bertz CT molecular complexity index is 781. The van der Waals surface area contributed by atoms with Gasteiger partial charge in [0.15, 0.2) is 0 Å². The molecule has 1 heterocycles. The average Bonchev–Trinajstić information content (AvgIpc) is 2.85. The van der Waals surface area contributed by atoms with E-state index >= 15 is 0 Å². The lowest BCUT2D eigenvalue weighted by Gasteiger charge is -2.22. The van der Waals surface area contributed by atoms with Gasteiger partial charge in [-0.3, -0.25) is 14.6 Å². The van der Waals surface area contributed by atoms with Gasteiger partial charge in [0.2, 0.25) is 5.91 Å². The summed E-state index contributed by atoms with van der Waals surface area (Å²) in [6.45, 7) is 7.40. The molecule has 3 rings (SSSR count). The number of hydrogen-bond donors (Lipinski definition) is 1. The number of hydrogen-bond acceptors (Lipinski definition) is 3. The van der Waals surface area contributed by atoms with Crippen molar-refractivity contribution in [1.29, 1.82) is 0 Å². The fourth-order valence-electron chi connectivity index (χ4n) is 3.39. The Kier molecular flexibility index (Phi) is 6.99. The van der Waals surface area contributed by atoms with Crippen LogP contribution in [0.15, 0.2) is 46.9 Å². The monoisotopic (exact) mass is 433 g/mol. The summed E-state index contributed by atoms with van der Waals surface area (Å²) in [5.41, 5.74) is 3.21. The molecule has 6 heteroatoms. The van der Waals surface area contributed by atoms with Gasteiger partial charge in [-0.2, -0.15) is 0 Å². The fraction of sp³-hybridized carbons (Fsp3) is 0.381. The number of rotatable bonds is 5. The molecule has 0 bridgehead atoms. The van der Waals surface area contributed by atoms with Crippen LogP contribution in [0.4, 0.5) is 10.1 Å². The third kappa shape index (κ3) is 6.13. The van der Waals surface area contributed by atoms with Gasteiger partial charge in [0.1, 0.15) is 5.82 Å². The second kappa shape index (κ2) is 9.44. The molecular weight excluding hydrogens is 409 g/mol. The maximum absolute atomic E-state index is 13.4. The van der Waals surface area contributed by atoms with Crippen LogP contribution in [0.2, 0.25) is 0 Å². The fourth-order valence-corrected chi connectivity index (χ4v) is 3.82. The van der Waals surface area contributed by atoms with E-state index < -0.39 is 0 Å². The smallest absolute Gasteiger partial charge is 0.221 e. The van der Waals surface area contributed by atoms with Crippen molar-refractivity contribution in [2.75, 3.05) is 31.5 Å². The molecule has 0 atom stereocenters. The van der Waals surface area contributed by atoms with Crippen molar-refractivity contribution < 1.29 is 9.18 Å². The van der Waals surface area contributed by atoms with Gasteiger partial charge in [-0.05, 0) is 70.8 Å². The molecule has 0 aromatic heterocycles. The molecule has 0 spiro atoms. The van der Waals surface area contributed by atoms with Gasteiger partial charge in [-0.15, -0.1) is 0 Å². The summed E-state index contributed by atoms with van der Waals surface area (Å²) in [6.07, 6.45) is 1.12. The van der Waals surface area contributed by atoms with E-state index in [9.17, 15) is 9.18 Å². The van der Waals surface area contributed by atoms with Crippen LogP contribution >= 0.6 is 15.9 Å². The van der Waals surface area contributed by atoms with E-state index in [4.69, 9.17) is 0 Å². The van der Waals surface area contributed by atoms with Gasteiger partial charge < -0.3 is 5.32 Å². The summed E-state index contributed by atoms with van der Waals surface area (Å²) in [7, 11) is 0. The van der Waals surface area contributed by atoms with Crippen LogP contribution in [-0.2, 0) is 17.9 Å². The van der Waals surface area contributed by atoms with E-state index in [1.165, 1.54) is 18.6 Å². The number of nitrogens with one attached hydrogen (secondary N) is 1. The third-order valence-corrected chi connectivity index (χ3v) is 5.36. The molecule has 1 saturated heterocycles. The highest BCUT2D eigenvalue weighted by Crippen LogP contribution is 2.19. The van der Waals surface area contributed by atoms with Crippen LogP contribution in [0.1, 0.15) is 24.5 Å². The third-order valence-electron chi connectivity index (χ3n) is 4.75. The first-order valence-electron chi connectivity index (χ1n) is 9.25. The number of amides is 1. The van der Waals surface area contributed by atoms with Gasteiger partial charge in [-0.1, -0.05) is 18.2 Å². The predicted octanol–water partition coefficient (Wildman–Crippen LogP) is 4.25. The molecule has 1 fully saturated rings. The quantitative estimate of drug-likeness (QED) is 0.764. The highest BCUT2D eigenvalue weighted by molar-refractivity contribution is 9.10. The summed E-state index contributed by atoms with van der Waals surface area (Å²) < 4.78 is 13.9. The van der Waals surface area contributed by atoms with Gasteiger partial charge in [-0.25, -0.2) is 4.39 Å². The molecular formula is C21H25BrFN3O. The topological polar surface area (TPSA) is 35.6 Å². The molecule has 0 unspecified atom stereocenters. The van der Waals surface area contributed by atoms with E-state index in [1.807, 2.05) is 24.3 Å². The minimum Gasteiger partial charge on any atom is -0.326 e. The van der Waals surface area contributed by atoms with Crippen LogP contribution < -0.4 is 5.32 Å². The maximum atomic E-state index is 13.4. The molecule has 2 aromatic rings. The summed E-state index contributed by atoms with van der Waals surface area (Å²) in [6, 6.07) is 13.3. The predicted molar refractivity (Wildman–Crippen MR) is 110 cm³/mol. The Labute approximate surface area is 168 Å². The molecule has 0 saturated carbocycles. The first kappa shape index (κ1) is 20.0. The van der Waals surface area contributed by atoms with E-state index in [-0.39, 0.29) is 11.7 Å². The molecule has 0 radical (unpaired) electrons. The lowest BCUT2D eigenvalue weighted by atomic mass is 10.2. The second-order valence-electron chi connectivity index (χ2n) is 7.03. The highest BCUT2D eigenvalue weighted by Gasteiger charge is 2.15. The number of halogens is 2. The number of carbonyl (C=O) groups is 1. The zero-order valence-electron chi connectivity index (χ0n) is 15.5. The average molecular weight is 434 g/mol. The van der Waals surface area contributed by atoms with Crippen LogP contribution in [0.5, 0.6) is 0 Å². The SMILES string of the molecule is CC(=O)Nc1ccc(CN2CCCN(Cc3ccc(F)c(Br)c3)CC2)cc1. The number of benzene rings is 2. The first-order chi connectivity index (χ1) is 13.0. The Balaban J connectivity index is 1.52. The molecule has 0 aliphatic carbocycles. The van der Waals surface area contributed by atoms with Gasteiger partial charge in [0.05, 0.1) is 4.47 Å². The Morgan fingerprint density at radius 1 is 1.00 bits per heavy atom. The molecule has 1 N–H and O–H groups in total. The van der Waals surface area contributed by atoms with E-state index in [0.29, 0.717) is 4.47 Å². The zero-order valence-corrected chi connectivity index (χ0v) is 17.1. The van der Waals surface area contributed by atoms with E-state index in [2.05, 4.69) is 43.2 Å². The Hall–Kier alpha value is -1.76. The van der Waals surface area contributed by atoms with Crippen molar-refractivity contribution in [2.24, 2.45) is 0 Å². The van der Waals surface area contributed by atoms with Crippen molar-refractivity contribution in [3.8, 4) is 0 Å². The number of carbonyl (C=O) groups excluding carboxylic acids is 1. The number of nitrogens with zero attached hydrogens (tertiary/aromatic N) is 2. The van der Waals surface area contributed by atoms with Crippen molar-refractivity contribution >= 4 is 27.5 Å². The minimum atomic E-state index is -0.217. The Morgan fingerprint density at radius 3 is 2.19 bits per heavy atom. The maximum Gasteiger partial charge on any atom is 0.221 e. The summed E-state index contributed by atoms with van der Waals surface area (Å²) >= 11 is 3.27. The molecule has 27 heavy (non-hydrogen) atoms. The first-order valence-corrected chi connectivity index (χ1v) is 10.0. The Morgan fingerprint density at radius 2 is 1.59 bits per heavy atom. The van der Waals surface area contributed by atoms with Crippen molar-refractivity contribution in [3.05, 3.63) is 63.9 Å². The van der Waals surface area contributed by atoms with Crippen molar-refractivity contribution in [1.82, 2.24) is 9.80 Å². The van der Waals surface area contributed by atoms with E-state index in [0.717, 1.165) is 56.9 Å². The van der Waals surface area contributed by atoms with Crippen molar-refractivity contribution in [3.63, 3.8) is 0 Å². The summed E-state index contributed by atoms with van der Waals surface area (Å²) in [5, 5.41) is 2.80. The van der Waals surface area contributed by atoms with Crippen LogP contribution in [0.3, 0.4) is 0 Å². The molecule has 2 aromatic carbocycles. The summed E-state index contributed by atoms with van der Waals surface area (Å²) in [4.78, 5) is 16.0. The zero-order chi connectivity index (χ0) is 19.2. The lowest BCUT2D eigenvalue weighted by Crippen LogP contribution is -2.30. The van der Waals surface area contributed by atoms with Crippen molar-refractivity contribution in [2.45, 2.75) is 26.4 Å².